The van der Waals surface area contributed by atoms with Gasteiger partial charge < -0.3 is 4.74 Å². The molecule has 6 fully saturated rings. The third-order valence-corrected chi connectivity index (χ3v) is 15.3. The van der Waals surface area contributed by atoms with Gasteiger partial charge in [-0.15, -0.1) is 0 Å². The van der Waals surface area contributed by atoms with E-state index in [4.69, 9.17) is 4.74 Å². The number of esters is 1. The normalized spacial score (nSPS) is 49.4. The fourth-order valence-electron chi connectivity index (χ4n) is 12.5. The summed E-state index contributed by atoms with van der Waals surface area (Å²) >= 11 is 3.53. The maximum Gasteiger partial charge on any atom is 0.313 e. The van der Waals surface area contributed by atoms with Crippen LogP contribution in [0.1, 0.15) is 112 Å². The molecule has 7 rings (SSSR count). The summed E-state index contributed by atoms with van der Waals surface area (Å²) in [7, 11) is 0. The highest BCUT2D eigenvalue weighted by Crippen LogP contribution is 2.81. The highest BCUT2D eigenvalue weighted by molar-refractivity contribution is 9.10. The Bertz CT molecular complexity index is 1400. The average molecular weight is 640 g/mol. The van der Waals surface area contributed by atoms with Gasteiger partial charge in [0.15, 0.2) is 11.4 Å². The van der Waals surface area contributed by atoms with Gasteiger partial charge in [-0.3, -0.25) is 9.59 Å². The molecule has 0 radical (unpaired) electrons. The van der Waals surface area contributed by atoms with Crippen molar-refractivity contribution in [3.63, 3.8) is 0 Å². The Morgan fingerprint density at radius 2 is 1.55 bits per heavy atom. The summed E-state index contributed by atoms with van der Waals surface area (Å²) in [5.41, 5.74) is -0.991. The van der Waals surface area contributed by atoms with Gasteiger partial charge in [0.2, 0.25) is 0 Å². The van der Waals surface area contributed by atoms with E-state index in [0.717, 1.165) is 60.6 Å². The van der Waals surface area contributed by atoms with Crippen molar-refractivity contribution in [2.75, 3.05) is 0 Å². The first-order valence-electron chi connectivity index (χ1n) is 16.4. The number of alkyl halides is 1. The van der Waals surface area contributed by atoms with Gasteiger partial charge in [-0.25, -0.2) is 4.39 Å². The number of ether oxygens (including phenoxy) is 1. The Kier molecular flexibility index (Phi) is 5.99. The number of ketones is 1. The molecular formula is C37H48BrFO3. The average Bonchev–Trinajstić information content (AvgIpc) is 3.10. The van der Waals surface area contributed by atoms with E-state index in [1.807, 2.05) is 24.3 Å². The molecule has 0 N–H and O–H groups in total. The molecule has 1 aliphatic heterocycles. The molecule has 5 heteroatoms. The topological polar surface area (TPSA) is 43.4 Å². The third kappa shape index (κ3) is 3.33. The predicted molar refractivity (Wildman–Crippen MR) is 167 cm³/mol. The summed E-state index contributed by atoms with van der Waals surface area (Å²) in [6, 6.07) is 8.13. The predicted octanol–water partition coefficient (Wildman–Crippen LogP) is 9.52. The van der Waals surface area contributed by atoms with E-state index in [2.05, 4.69) is 70.5 Å². The van der Waals surface area contributed by atoms with Gasteiger partial charge in [-0.2, -0.15) is 0 Å². The fraction of sp³-hybridized carbons (Fsp3) is 0.730. The molecular weight excluding hydrogens is 591 g/mol. The first kappa shape index (κ1) is 29.2. The molecule has 2 bridgehead atoms. The molecule has 228 valence electrons. The van der Waals surface area contributed by atoms with Gasteiger partial charge in [0, 0.05) is 21.2 Å². The van der Waals surface area contributed by atoms with Crippen molar-refractivity contribution in [3.05, 3.63) is 39.9 Å². The second kappa shape index (κ2) is 8.61. The number of Topliss-reactive ketones (excluding diaryl/α,β-unsaturated/α-hetero) is 1. The quantitative estimate of drug-likeness (QED) is 0.227. The molecule has 1 heterocycles. The number of allylic oxidation sites excluding steroid dienone is 1. The van der Waals surface area contributed by atoms with E-state index >= 15 is 4.39 Å². The van der Waals surface area contributed by atoms with E-state index in [9.17, 15) is 9.59 Å². The monoisotopic (exact) mass is 638 g/mol. The van der Waals surface area contributed by atoms with Crippen LogP contribution in [0, 0.1) is 50.2 Å². The molecule has 0 amide bonds. The van der Waals surface area contributed by atoms with Gasteiger partial charge in [0.25, 0.3) is 0 Å². The Hall–Kier alpha value is -1.49. The van der Waals surface area contributed by atoms with E-state index < -0.39 is 28.0 Å². The van der Waals surface area contributed by atoms with Crippen LogP contribution in [0.25, 0.3) is 6.08 Å². The van der Waals surface area contributed by atoms with Crippen molar-refractivity contribution >= 4 is 33.8 Å². The van der Waals surface area contributed by atoms with Gasteiger partial charge in [0.05, 0.1) is 5.41 Å². The summed E-state index contributed by atoms with van der Waals surface area (Å²) in [4.78, 5) is 27.9. The fourth-order valence-corrected chi connectivity index (χ4v) is 12.8. The first-order chi connectivity index (χ1) is 19.5. The number of carbonyl (C=O) groups is 2. The Morgan fingerprint density at radius 1 is 0.881 bits per heavy atom. The summed E-state index contributed by atoms with van der Waals surface area (Å²) in [5, 5.41) is 0. The molecule has 5 saturated carbocycles. The van der Waals surface area contributed by atoms with Crippen LogP contribution in [0.3, 0.4) is 0 Å². The molecule has 0 unspecified atom stereocenters. The van der Waals surface area contributed by atoms with Crippen LogP contribution in [0.4, 0.5) is 4.39 Å². The number of halogens is 2. The minimum Gasteiger partial charge on any atom is -0.455 e. The lowest BCUT2D eigenvalue weighted by atomic mass is 9.30. The summed E-state index contributed by atoms with van der Waals surface area (Å²) in [6.45, 7) is 15.9. The molecule has 3 nitrogen and oxygen atoms in total. The van der Waals surface area contributed by atoms with Crippen molar-refractivity contribution in [3.8, 4) is 0 Å². The van der Waals surface area contributed by atoms with Crippen LogP contribution in [0.15, 0.2) is 34.3 Å². The van der Waals surface area contributed by atoms with Gasteiger partial charge >= 0.3 is 5.97 Å². The maximum absolute atomic E-state index is 17.5. The second-order valence-electron chi connectivity index (χ2n) is 17.3. The molecule has 1 aromatic carbocycles. The summed E-state index contributed by atoms with van der Waals surface area (Å²) < 4.78 is 25.1. The smallest absolute Gasteiger partial charge is 0.313 e. The van der Waals surface area contributed by atoms with Crippen LogP contribution < -0.4 is 0 Å². The Morgan fingerprint density at radius 3 is 2.24 bits per heavy atom. The number of benzene rings is 1. The zero-order chi connectivity index (χ0) is 30.3. The second-order valence-corrected chi connectivity index (χ2v) is 18.2. The standard InChI is InChI=1S/C37H48BrFO3/c1-31(2)14-16-36-17-15-35(7)34(6)13-12-25-32(3,4)29(40)23(18-22-8-10-24(38)11-9-22)20-33(25,5)26(34)19-28(39)37(35,27(36)21-31)42-30(36)41/h8-11,18,25-28H,12-17,19-21H2,1-7H3/b23-18+/t25-,26+,27+,28+,33-,34+,35-,36-,37+/m0/s1. The Balaban J connectivity index is 1.34. The van der Waals surface area contributed by atoms with Crippen LogP contribution in [0.5, 0.6) is 0 Å². The van der Waals surface area contributed by atoms with Crippen LogP contribution in [-0.4, -0.2) is 23.5 Å². The molecule has 42 heavy (non-hydrogen) atoms. The van der Waals surface area contributed by atoms with Crippen LogP contribution in [0.2, 0.25) is 0 Å². The van der Waals surface area contributed by atoms with Crippen molar-refractivity contribution in [1.29, 1.82) is 0 Å². The van der Waals surface area contributed by atoms with Crippen LogP contribution >= 0.6 is 15.9 Å². The van der Waals surface area contributed by atoms with E-state index in [0.29, 0.717) is 12.8 Å². The van der Waals surface area contributed by atoms with Crippen molar-refractivity contribution in [2.24, 2.45) is 50.2 Å². The zero-order valence-corrected chi connectivity index (χ0v) is 28.1. The highest BCUT2D eigenvalue weighted by Gasteiger charge is 2.84. The minimum atomic E-state index is -1.19. The van der Waals surface area contributed by atoms with Gasteiger partial charge in [0.1, 0.15) is 6.17 Å². The van der Waals surface area contributed by atoms with Crippen molar-refractivity contribution in [1.82, 2.24) is 0 Å². The SMILES string of the molecule is CC1(C)CC[C@@]23CC[C@]4(C)[C@](OC2=O)([C@H](F)C[C@@H]2[C@@]5(C)C/C(=C\c6ccc(Br)cc6)C(=O)C(C)(C)[C@@H]5CC[C@]24C)[C@@H]3C1. The van der Waals surface area contributed by atoms with E-state index in [-0.39, 0.29) is 45.8 Å². The molecule has 6 aliphatic rings. The number of fused-ring (bicyclic) bond motifs is 4. The molecule has 5 aliphatic carbocycles. The van der Waals surface area contributed by atoms with Gasteiger partial charge in [-0.05, 0) is 115 Å². The first-order valence-corrected chi connectivity index (χ1v) is 17.1. The van der Waals surface area contributed by atoms with E-state index in [1.165, 1.54) is 0 Å². The molecule has 1 spiro atoms. The van der Waals surface area contributed by atoms with Gasteiger partial charge in [-0.1, -0.05) is 76.5 Å². The number of hydrogen-bond acceptors (Lipinski definition) is 3. The maximum atomic E-state index is 17.5. The molecule has 0 aromatic heterocycles. The lowest BCUT2D eigenvalue weighted by molar-refractivity contribution is -0.299. The largest absolute Gasteiger partial charge is 0.455 e. The Labute approximate surface area is 259 Å². The van der Waals surface area contributed by atoms with Crippen molar-refractivity contribution in [2.45, 2.75) is 118 Å². The lowest BCUT2D eigenvalue weighted by Gasteiger charge is -2.74. The number of rotatable bonds is 1. The number of carbonyl (C=O) groups excluding carboxylic acids is 2. The summed E-state index contributed by atoms with van der Waals surface area (Å²) in [6.07, 6.45) is 8.22. The number of hydrogen-bond donors (Lipinski definition) is 0. The lowest BCUT2D eigenvalue weighted by Crippen LogP contribution is -2.75. The third-order valence-electron chi connectivity index (χ3n) is 14.8. The minimum absolute atomic E-state index is 0.0597. The summed E-state index contributed by atoms with van der Waals surface area (Å²) in [5.74, 6) is 0.350. The van der Waals surface area contributed by atoms with E-state index in [1.54, 1.807) is 0 Å². The van der Waals surface area contributed by atoms with Crippen molar-refractivity contribution < 1.29 is 18.7 Å². The molecule has 1 saturated heterocycles. The molecule has 9 atom stereocenters. The van der Waals surface area contributed by atoms with Crippen LogP contribution in [-0.2, 0) is 14.3 Å². The zero-order valence-electron chi connectivity index (χ0n) is 26.5. The highest BCUT2D eigenvalue weighted by atomic mass is 79.9. The molecule has 1 aromatic rings.